The van der Waals surface area contributed by atoms with Crippen molar-refractivity contribution in [1.82, 2.24) is 0 Å². The molecule has 19 heavy (non-hydrogen) atoms. The number of benzene rings is 2. The fraction of sp³-hybridized carbons (Fsp3) is 0.312. The predicted molar refractivity (Wildman–Crippen MR) is 84.7 cm³/mol. The van der Waals surface area contributed by atoms with Crippen LogP contribution < -0.4 is 5.32 Å². The van der Waals surface area contributed by atoms with Gasteiger partial charge in [-0.05, 0) is 28.5 Å². The average Bonchev–Trinajstić information content (AvgIpc) is 2.37. The molecule has 100 valence electrons. The average molecular weight is 320 g/mol. The maximum Gasteiger partial charge on any atom is 0.229 e. The van der Waals surface area contributed by atoms with E-state index in [1.807, 2.05) is 39.0 Å². The van der Waals surface area contributed by atoms with Gasteiger partial charge in [0.1, 0.15) is 0 Å². The van der Waals surface area contributed by atoms with Gasteiger partial charge in [-0.2, -0.15) is 0 Å². The lowest BCUT2D eigenvalue weighted by Gasteiger charge is -2.17. The Hall–Kier alpha value is -1.35. The molecule has 0 aromatic heterocycles. The summed E-state index contributed by atoms with van der Waals surface area (Å²) in [4.78, 5) is 12.0. The predicted octanol–water partition coefficient (Wildman–Crippen LogP) is 4.72. The zero-order valence-electron chi connectivity index (χ0n) is 11.5. The highest BCUT2D eigenvalue weighted by Crippen LogP contribution is 2.23. The molecule has 0 radical (unpaired) electrons. The summed E-state index contributed by atoms with van der Waals surface area (Å²) in [6, 6.07) is 12.3. The van der Waals surface area contributed by atoms with E-state index in [0.717, 1.165) is 16.4 Å². The van der Waals surface area contributed by atoms with Crippen molar-refractivity contribution in [1.29, 1.82) is 0 Å². The summed E-state index contributed by atoms with van der Waals surface area (Å²) in [5.41, 5.74) is 1.72. The minimum atomic E-state index is -0.380. The molecule has 2 aromatic carbocycles. The molecule has 0 aliphatic rings. The van der Waals surface area contributed by atoms with Gasteiger partial charge in [0.2, 0.25) is 5.91 Å². The van der Waals surface area contributed by atoms with Gasteiger partial charge in [0.15, 0.2) is 0 Å². The van der Waals surface area contributed by atoms with Crippen LogP contribution in [0.4, 0.5) is 5.69 Å². The van der Waals surface area contributed by atoms with Crippen LogP contribution in [0.2, 0.25) is 0 Å². The minimum absolute atomic E-state index is 0.0314. The Morgan fingerprint density at radius 2 is 1.74 bits per heavy atom. The number of hydrogen-bond acceptors (Lipinski definition) is 1. The van der Waals surface area contributed by atoms with Gasteiger partial charge in [0, 0.05) is 16.4 Å². The number of nitrogens with one attached hydrogen (secondary N) is 1. The van der Waals surface area contributed by atoms with E-state index in [9.17, 15) is 4.79 Å². The van der Waals surface area contributed by atoms with Gasteiger partial charge in [-0.15, -0.1) is 0 Å². The molecule has 0 unspecified atom stereocenters. The van der Waals surface area contributed by atoms with Crippen LogP contribution in [0.5, 0.6) is 0 Å². The Bertz CT molecular complexity index is 614. The molecule has 0 spiro atoms. The quantitative estimate of drug-likeness (QED) is 0.797. The van der Waals surface area contributed by atoms with E-state index in [2.05, 4.69) is 39.4 Å². The van der Waals surface area contributed by atoms with Gasteiger partial charge >= 0.3 is 0 Å². The van der Waals surface area contributed by atoms with Crippen LogP contribution in [0, 0.1) is 5.41 Å². The molecule has 2 aromatic rings. The maximum atomic E-state index is 12.0. The van der Waals surface area contributed by atoms with Gasteiger partial charge in [-0.25, -0.2) is 0 Å². The van der Waals surface area contributed by atoms with Gasteiger partial charge in [0.05, 0.1) is 0 Å². The van der Waals surface area contributed by atoms with Crippen molar-refractivity contribution >= 4 is 38.3 Å². The third-order valence-electron chi connectivity index (χ3n) is 3.00. The zero-order chi connectivity index (χ0) is 14.0. The molecule has 0 aliphatic heterocycles. The Labute approximate surface area is 122 Å². The van der Waals surface area contributed by atoms with E-state index in [0.29, 0.717) is 0 Å². The molecule has 0 atom stereocenters. The molecule has 0 fully saturated rings. The van der Waals surface area contributed by atoms with Crippen molar-refractivity contribution in [3.63, 3.8) is 0 Å². The lowest BCUT2D eigenvalue weighted by atomic mass is 9.95. The number of alkyl halides is 1. The van der Waals surface area contributed by atoms with Crippen molar-refractivity contribution in [2.24, 2.45) is 5.41 Å². The van der Waals surface area contributed by atoms with Crippen molar-refractivity contribution in [3.05, 3.63) is 42.0 Å². The molecule has 0 saturated carbocycles. The Morgan fingerprint density at radius 3 is 2.37 bits per heavy atom. The van der Waals surface area contributed by atoms with E-state index in [1.54, 1.807) is 0 Å². The first kappa shape index (κ1) is 14.1. The first-order valence-corrected chi connectivity index (χ1v) is 7.42. The molecular weight excluding hydrogens is 302 g/mol. The van der Waals surface area contributed by atoms with E-state index in [4.69, 9.17) is 0 Å². The maximum absolute atomic E-state index is 12.0. The van der Waals surface area contributed by atoms with E-state index >= 15 is 0 Å². The standard InChI is InChI=1S/C16H18BrNO/c1-16(2,3)15(19)18-14-7-6-12-8-11(10-17)4-5-13(12)9-14/h4-9H,10H2,1-3H3,(H,18,19). The minimum Gasteiger partial charge on any atom is -0.326 e. The molecule has 2 nitrogen and oxygen atoms in total. The van der Waals surface area contributed by atoms with Crippen molar-refractivity contribution in [2.45, 2.75) is 26.1 Å². The smallest absolute Gasteiger partial charge is 0.229 e. The van der Waals surface area contributed by atoms with Crippen molar-refractivity contribution in [3.8, 4) is 0 Å². The van der Waals surface area contributed by atoms with E-state index < -0.39 is 0 Å². The Balaban J connectivity index is 2.30. The SMILES string of the molecule is CC(C)(C)C(=O)Nc1ccc2cc(CBr)ccc2c1. The zero-order valence-corrected chi connectivity index (χ0v) is 13.0. The summed E-state index contributed by atoms with van der Waals surface area (Å²) in [6.07, 6.45) is 0. The third kappa shape index (κ3) is 3.35. The number of amides is 1. The van der Waals surface area contributed by atoms with Crippen LogP contribution in [0.3, 0.4) is 0 Å². The lowest BCUT2D eigenvalue weighted by molar-refractivity contribution is -0.123. The van der Waals surface area contributed by atoms with Gasteiger partial charge in [0.25, 0.3) is 0 Å². The number of carbonyl (C=O) groups is 1. The van der Waals surface area contributed by atoms with Gasteiger partial charge in [-0.1, -0.05) is 61.0 Å². The fourth-order valence-electron chi connectivity index (χ4n) is 1.77. The molecule has 2 rings (SSSR count). The molecule has 1 N–H and O–H groups in total. The summed E-state index contributed by atoms with van der Waals surface area (Å²) in [5, 5.41) is 6.13. The number of anilines is 1. The Morgan fingerprint density at radius 1 is 1.11 bits per heavy atom. The summed E-state index contributed by atoms with van der Waals surface area (Å²) in [7, 11) is 0. The highest BCUT2D eigenvalue weighted by molar-refractivity contribution is 9.08. The molecule has 0 saturated heterocycles. The molecule has 3 heteroatoms. The highest BCUT2D eigenvalue weighted by Gasteiger charge is 2.21. The van der Waals surface area contributed by atoms with Crippen LogP contribution >= 0.6 is 15.9 Å². The topological polar surface area (TPSA) is 29.1 Å². The van der Waals surface area contributed by atoms with Crippen molar-refractivity contribution < 1.29 is 4.79 Å². The largest absolute Gasteiger partial charge is 0.326 e. The van der Waals surface area contributed by atoms with E-state index in [-0.39, 0.29) is 11.3 Å². The van der Waals surface area contributed by atoms with Crippen LogP contribution in [0.1, 0.15) is 26.3 Å². The second kappa shape index (κ2) is 5.33. The molecular formula is C16H18BrNO. The van der Waals surface area contributed by atoms with Crippen molar-refractivity contribution in [2.75, 3.05) is 5.32 Å². The summed E-state index contributed by atoms with van der Waals surface area (Å²) in [6.45, 7) is 5.73. The van der Waals surface area contributed by atoms with Gasteiger partial charge in [-0.3, -0.25) is 4.79 Å². The third-order valence-corrected chi connectivity index (χ3v) is 3.65. The fourth-order valence-corrected chi connectivity index (χ4v) is 2.12. The number of carbonyl (C=O) groups excluding carboxylic acids is 1. The second-order valence-corrected chi connectivity index (χ2v) is 6.29. The first-order valence-electron chi connectivity index (χ1n) is 6.30. The summed E-state index contributed by atoms with van der Waals surface area (Å²) >= 11 is 3.46. The number of hydrogen-bond donors (Lipinski definition) is 1. The number of fused-ring (bicyclic) bond motifs is 1. The van der Waals surface area contributed by atoms with Crippen LogP contribution in [0.15, 0.2) is 36.4 Å². The monoisotopic (exact) mass is 319 g/mol. The molecule has 1 amide bonds. The Kier molecular flexibility index (Phi) is 3.95. The second-order valence-electron chi connectivity index (χ2n) is 5.73. The number of halogens is 1. The first-order chi connectivity index (χ1) is 8.90. The summed E-state index contributed by atoms with van der Waals surface area (Å²) in [5.74, 6) is 0.0314. The molecule has 0 bridgehead atoms. The molecule has 0 aliphatic carbocycles. The van der Waals surface area contributed by atoms with Gasteiger partial charge < -0.3 is 5.32 Å². The number of rotatable bonds is 2. The van der Waals surface area contributed by atoms with Crippen LogP contribution in [-0.2, 0) is 10.1 Å². The lowest BCUT2D eigenvalue weighted by Crippen LogP contribution is -2.27. The van der Waals surface area contributed by atoms with E-state index in [1.165, 1.54) is 10.9 Å². The summed E-state index contributed by atoms with van der Waals surface area (Å²) < 4.78 is 0. The van der Waals surface area contributed by atoms with Crippen LogP contribution in [-0.4, -0.2) is 5.91 Å². The molecule has 0 heterocycles. The highest BCUT2D eigenvalue weighted by atomic mass is 79.9. The van der Waals surface area contributed by atoms with Crippen LogP contribution in [0.25, 0.3) is 10.8 Å². The normalized spacial score (nSPS) is 11.6.